The largest absolute Gasteiger partial charge is 0.470 e. The predicted octanol–water partition coefficient (Wildman–Crippen LogP) is 2.82. The molecule has 2 atom stereocenters. The quantitative estimate of drug-likeness (QED) is 0.854. The second-order valence-electron chi connectivity index (χ2n) is 6.90. The summed E-state index contributed by atoms with van der Waals surface area (Å²) in [5.41, 5.74) is 1.01. The Kier molecular flexibility index (Phi) is 4.63. The van der Waals surface area contributed by atoms with Gasteiger partial charge in [-0.15, -0.1) is 0 Å². The maximum absolute atomic E-state index is 13.7. The van der Waals surface area contributed by atoms with Crippen molar-refractivity contribution in [2.75, 3.05) is 19.7 Å². The van der Waals surface area contributed by atoms with Crippen LogP contribution in [0.15, 0.2) is 42.9 Å². The van der Waals surface area contributed by atoms with Gasteiger partial charge in [-0.3, -0.25) is 9.88 Å². The molecular weight excluding hydrogens is 321 g/mol. The van der Waals surface area contributed by atoms with Crippen molar-refractivity contribution >= 4 is 0 Å². The molecule has 2 fully saturated rings. The number of ether oxygens (including phenoxy) is 2. The highest BCUT2D eigenvalue weighted by Crippen LogP contribution is 2.36. The molecule has 0 unspecified atom stereocenters. The summed E-state index contributed by atoms with van der Waals surface area (Å²) < 4.78 is 25.6. The first-order valence-corrected chi connectivity index (χ1v) is 8.75. The van der Waals surface area contributed by atoms with Gasteiger partial charge in [0.15, 0.2) is 5.82 Å². The SMILES string of the molecule is Fc1cccnc1O[C@H]1CO[C@@]2(CCCN(Cc3cccnc3)C2)C1. The minimum Gasteiger partial charge on any atom is -0.470 e. The third-order valence-corrected chi connectivity index (χ3v) is 4.93. The molecule has 6 heteroatoms. The summed E-state index contributed by atoms with van der Waals surface area (Å²) in [5.74, 6) is -0.360. The van der Waals surface area contributed by atoms with Crippen molar-refractivity contribution in [1.82, 2.24) is 14.9 Å². The van der Waals surface area contributed by atoms with Gasteiger partial charge in [-0.05, 0) is 43.1 Å². The maximum Gasteiger partial charge on any atom is 0.250 e. The summed E-state index contributed by atoms with van der Waals surface area (Å²) in [5, 5.41) is 0. The molecule has 2 aromatic rings. The van der Waals surface area contributed by atoms with E-state index in [-0.39, 0.29) is 17.6 Å². The van der Waals surface area contributed by atoms with E-state index in [9.17, 15) is 4.39 Å². The van der Waals surface area contributed by atoms with Crippen LogP contribution in [0.3, 0.4) is 0 Å². The molecule has 2 aliphatic rings. The second-order valence-corrected chi connectivity index (χ2v) is 6.90. The van der Waals surface area contributed by atoms with Crippen molar-refractivity contribution in [2.45, 2.75) is 37.5 Å². The lowest BCUT2D eigenvalue weighted by Crippen LogP contribution is -2.47. The Bertz CT molecular complexity index is 715. The van der Waals surface area contributed by atoms with E-state index >= 15 is 0 Å². The predicted molar refractivity (Wildman–Crippen MR) is 90.7 cm³/mol. The number of pyridine rings is 2. The van der Waals surface area contributed by atoms with Crippen LogP contribution in [-0.4, -0.2) is 46.3 Å². The summed E-state index contributed by atoms with van der Waals surface area (Å²) in [6, 6.07) is 6.99. The van der Waals surface area contributed by atoms with E-state index < -0.39 is 5.82 Å². The molecule has 0 saturated carbocycles. The molecule has 0 bridgehead atoms. The van der Waals surface area contributed by atoms with Gasteiger partial charge in [0.1, 0.15) is 6.10 Å². The molecule has 0 amide bonds. The fraction of sp³-hybridized carbons (Fsp3) is 0.474. The van der Waals surface area contributed by atoms with Crippen LogP contribution in [0.1, 0.15) is 24.8 Å². The summed E-state index contributed by atoms with van der Waals surface area (Å²) in [7, 11) is 0. The van der Waals surface area contributed by atoms with Crippen LogP contribution < -0.4 is 4.74 Å². The number of nitrogens with zero attached hydrogens (tertiary/aromatic N) is 3. The average molecular weight is 343 g/mol. The first-order valence-electron chi connectivity index (χ1n) is 8.75. The van der Waals surface area contributed by atoms with Gasteiger partial charge in [0, 0.05) is 38.1 Å². The van der Waals surface area contributed by atoms with E-state index in [1.807, 2.05) is 12.3 Å². The zero-order valence-corrected chi connectivity index (χ0v) is 14.1. The number of hydrogen-bond acceptors (Lipinski definition) is 5. The molecule has 0 radical (unpaired) electrons. The van der Waals surface area contributed by atoms with Crippen LogP contribution in [0.25, 0.3) is 0 Å². The lowest BCUT2D eigenvalue weighted by atomic mass is 9.89. The molecule has 0 aliphatic carbocycles. The molecule has 4 rings (SSSR count). The zero-order valence-electron chi connectivity index (χ0n) is 14.1. The minimum absolute atomic E-state index is 0.0659. The van der Waals surface area contributed by atoms with Crippen LogP contribution in [-0.2, 0) is 11.3 Å². The van der Waals surface area contributed by atoms with E-state index in [0.29, 0.717) is 6.61 Å². The normalized spacial score (nSPS) is 26.8. The van der Waals surface area contributed by atoms with Crippen molar-refractivity contribution in [3.63, 3.8) is 0 Å². The summed E-state index contributed by atoms with van der Waals surface area (Å²) in [6.07, 6.45) is 7.97. The molecule has 0 N–H and O–H groups in total. The molecule has 25 heavy (non-hydrogen) atoms. The molecule has 5 nitrogen and oxygen atoms in total. The number of halogens is 1. The minimum atomic E-state index is -0.426. The van der Waals surface area contributed by atoms with E-state index in [2.05, 4.69) is 20.9 Å². The first-order chi connectivity index (χ1) is 12.2. The molecule has 2 saturated heterocycles. The standard InChI is InChI=1S/C19H22FN3O2/c20-17-5-2-8-22-18(17)25-16-10-19(24-13-16)6-3-9-23(14-19)12-15-4-1-7-21-11-15/h1-2,4-5,7-8,11,16H,3,6,9-10,12-14H2/t16-,19+/m1/s1. The fourth-order valence-corrected chi connectivity index (χ4v) is 3.85. The van der Waals surface area contributed by atoms with Crippen LogP contribution in [0.2, 0.25) is 0 Å². The Morgan fingerprint density at radius 3 is 3.08 bits per heavy atom. The summed E-state index contributed by atoms with van der Waals surface area (Å²) in [6.45, 7) is 3.28. The zero-order chi connectivity index (χ0) is 17.1. The van der Waals surface area contributed by atoms with Gasteiger partial charge < -0.3 is 9.47 Å². The molecule has 132 valence electrons. The Labute approximate surface area is 146 Å². The van der Waals surface area contributed by atoms with Crippen molar-refractivity contribution in [2.24, 2.45) is 0 Å². The van der Waals surface area contributed by atoms with Gasteiger partial charge in [-0.1, -0.05) is 6.07 Å². The molecule has 4 heterocycles. The number of hydrogen-bond donors (Lipinski definition) is 0. The summed E-state index contributed by atoms with van der Waals surface area (Å²) >= 11 is 0. The van der Waals surface area contributed by atoms with E-state index in [4.69, 9.17) is 9.47 Å². The van der Waals surface area contributed by atoms with Gasteiger partial charge >= 0.3 is 0 Å². The highest BCUT2D eigenvalue weighted by atomic mass is 19.1. The first kappa shape index (κ1) is 16.4. The van der Waals surface area contributed by atoms with E-state index in [1.165, 1.54) is 11.6 Å². The van der Waals surface area contributed by atoms with Crippen molar-refractivity contribution in [3.8, 4) is 5.88 Å². The topological polar surface area (TPSA) is 47.5 Å². The van der Waals surface area contributed by atoms with Crippen molar-refractivity contribution in [1.29, 1.82) is 0 Å². The summed E-state index contributed by atoms with van der Waals surface area (Å²) in [4.78, 5) is 10.6. The van der Waals surface area contributed by atoms with E-state index in [0.717, 1.165) is 38.9 Å². The Hall–Kier alpha value is -2.05. The number of likely N-dealkylation sites (tertiary alicyclic amines) is 1. The van der Waals surface area contributed by atoms with E-state index in [1.54, 1.807) is 18.5 Å². The highest BCUT2D eigenvalue weighted by molar-refractivity contribution is 5.14. The smallest absolute Gasteiger partial charge is 0.250 e. The Morgan fingerprint density at radius 2 is 2.24 bits per heavy atom. The number of rotatable bonds is 4. The Balaban J connectivity index is 1.38. The monoisotopic (exact) mass is 343 g/mol. The van der Waals surface area contributed by atoms with Gasteiger partial charge in [0.2, 0.25) is 0 Å². The highest BCUT2D eigenvalue weighted by Gasteiger charge is 2.44. The van der Waals surface area contributed by atoms with Gasteiger partial charge in [-0.25, -0.2) is 9.37 Å². The lowest BCUT2D eigenvalue weighted by Gasteiger charge is -2.39. The van der Waals surface area contributed by atoms with Gasteiger partial charge in [0.25, 0.3) is 5.88 Å². The van der Waals surface area contributed by atoms with Gasteiger partial charge in [0.05, 0.1) is 12.2 Å². The number of piperidine rings is 1. The van der Waals surface area contributed by atoms with Crippen molar-refractivity contribution in [3.05, 3.63) is 54.2 Å². The van der Waals surface area contributed by atoms with Crippen LogP contribution >= 0.6 is 0 Å². The average Bonchev–Trinajstić information content (AvgIpc) is 3.00. The van der Waals surface area contributed by atoms with Crippen LogP contribution in [0, 0.1) is 5.82 Å². The second kappa shape index (κ2) is 7.06. The molecular formula is C19H22FN3O2. The Morgan fingerprint density at radius 1 is 1.32 bits per heavy atom. The molecule has 0 aromatic carbocycles. The molecule has 2 aromatic heterocycles. The van der Waals surface area contributed by atoms with Gasteiger partial charge in [-0.2, -0.15) is 0 Å². The molecule has 2 aliphatic heterocycles. The lowest BCUT2D eigenvalue weighted by molar-refractivity contribution is -0.0538. The number of aromatic nitrogens is 2. The third kappa shape index (κ3) is 3.80. The fourth-order valence-electron chi connectivity index (χ4n) is 3.85. The van der Waals surface area contributed by atoms with Crippen molar-refractivity contribution < 1.29 is 13.9 Å². The maximum atomic E-state index is 13.7. The van der Waals surface area contributed by atoms with Crippen LogP contribution in [0.5, 0.6) is 5.88 Å². The third-order valence-electron chi connectivity index (χ3n) is 4.93. The molecule has 1 spiro atoms. The van der Waals surface area contributed by atoms with Crippen LogP contribution in [0.4, 0.5) is 4.39 Å².